The van der Waals surface area contributed by atoms with Gasteiger partial charge in [-0.3, -0.25) is 4.68 Å². The molecule has 2 heterocycles. The van der Waals surface area contributed by atoms with E-state index in [-0.39, 0.29) is 5.41 Å². The second-order valence-corrected chi connectivity index (χ2v) is 5.83. The van der Waals surface area contributed by atoms with Crippen LogP contribution in [0.2, 0.25) is 0 Å². The molecule has 1 aliphatic rings. The number of rotatable bonds is 2. The number of aromatic nitrogens is 2. The lowest BCUT2D eigenvalue weighted by Gasteiger charge is -2.21. The summed E-state index contributed by atoms with van der Waals surface area (Å²) in [5.41, 5.74) is 2.61. The summed E-state index contributed by atoms with van der Waals surface area (Å²) in [6.45, 7) is 11.6. The van der Waals surface area contributed by atoms with Crippen LogP contribution in [0.5, 0.6) is 0 Å². The highest BCUT2D eigenvalue weighted by atomic mass is 16.5. The van der Waals surface area contributed by atoms with E-state index in [1.165, 1.54) is 12.1 Å². The van der Waals surface area contributed by atoms with Gasteiger partial charge in [-0.15, -0.1) is 0 Å². The molecule has 0 aliphatic carbocycles. The Morgan fingerprint density at radius 2 is 2.25 bits per heavy atom. The summed E-state index contributed by atoms with van der Waals surface area (Å²) in [6, 6.07) is 2.20. The third-order valence-corrected chi connectivity index (χ3v) is 3.13. The zero-order chi connectivity index (χ0) is 11.8. The highest BCUT2D eigenvalue weighted by molar-refractivity contribution is 5.17. The molecule has 0 N–H and O–H groups in total. The monoisotopic (exact) mass is 222 g/mol. The van der Waals surface area contributed by atoms with Crippen molar-refractivity contribution >= 4 is 0 Å². The van der Waals surface area contributed by atoms with E-state index >= 15 is 0 Å². The van der Waals surface area contributed by atoms with Crippen LogP contribution in [0.3, 0.4) is 0 Å². The maximum Gasteiger partial charge on any atom is 0.0596 e. The minimum atomic E-state index is 0.167. The van der Waals surface area contributed by atoms with Gasteiger partial charge in [0.05, 0.1) is 12.3 Å². The van der Waals surface area contributed by atoms with Crippen molar-refractivity contribution in [2.75, 3.05) is 13.2 Å². The Morgan fingerprint density at radius 1 is 1.50 bits per heavy atom. The molecular weight excluding hydrogens is 200 g/mol. The van der Waals surface area contributed by atoms with Crippen LogP contribution in [0.4, 0.5) is 0 Å². The third-order valence-electron chi connectivity index (χ3n) is 3.13. The van der Waals surface area contributed by atoms with E-state index in [2.05, 4.69) is 43.5 Å². The van der Waals surface area contributed by atoms with Gasteiger partial charge < -0.3 is 4.74 Å². The summed E-state index contributed by atoms with van der Waals surface area (Å²) in [5, 5.41) is 4.60. The van der Waals surface area contributed by atoms with Crippen molar-refractivity contribution in [2.24, 2.45) is 5.92 Å². The molecular formula is C13H22N2O. The standard InChI is InChI=1S/C13H22N2O/c1-10-7-12(13(2,3)4)15(14-10)8-11-5-6-16-9-11/h7,11H,5-6,8-9H2,1-4H3. The Bertz CT molecular complexity index is 356. The zero-order valence-corrected chi connectivity index (χ0v) is 10.8. The molecule has 0 saturated carbocycles. The molecule has 0 amide bonds. The molecule has 2 rings (SSSR count). The molecule has 1 aromatic rings. The Labute approximate surface area is 97.8 Å². The van der Waals surface area contributed by atoms with Gasteiger partial charge in [-0.1, -0.05) is 20.8 Å². The van der Waals surface area contributed by atoms with Gasteiger partial charge in [0.25, 0.3) is 0 Å². The Hall–Kier alpha value is -0.830. The molecule has 3 nitrogen and oxygen atoms in total. The Kier molecular flexibility index (Phi) is 3.06. The zero-order valence-electron chi connectivity index (χ0n) is 10.8. The average Bonchev–Trinajstić information content (AvgIpc) is 2.74. The first-order valence-electron chi connectivity index (χ1n) is 6.09. The van der Waals surface area contributed by atoms with Crippen molar-refractivity contribution in [3.63, 3.8) is 0 Å². The molecule has 0 radical (unpaired) electrons. The van der Waals surface area contributed by atoms with Crippen LogP contribution in [0.15, 0.2) is 6.07 Å². The molecule has 1 aliphatic heterocycles. The SMILES string of the molecule is Cc1cc(C(C)(C)C)n(CC2CCOC2)n1. The fraction of sp³-hybridized carbons (Fsp3) is 0.769. The molecule has 1 aromatic heterocycles. The fourth-order valence-corrected chi connectivity index (χ4v) is 2.26. The van der Waals surface area contributed by atoms with Crippen LogP contribution < -0.4 is 0 Å². The van der Waals surface area contributed by atoms with Crippen LogP contribution in [-0.4, -0.2) is 23.0 Å². The molecule has 1 saturated heterocycles. The van der Waals surface area contributed by atoms with Crippen LogP contribution in [0, 0.1) is 12.8 Å². The Balaban J connectivity index is 2.19. The second-order valence-electron chi connectivity index (χ2n) is 5.83. The lowest BCUT2D eigenvalue weighted by molar-refractivity contribution is 0.181. The van der Waals surface area contributed by atoms with E-state index in [0.717, 1.165) is 25.5 Å². The lowest BCUT2D eigenvalue weighted by atomic mass is 9.91. The molecule has 90 valence electrons. The highest BCUT2D eigenvalue weighted by Crippen LogP contribution is 2.25. The molecule has 1 atom stereocenters. The van der Waals surface area contributed by atoms with Gasteiger partial charge in [0.2, 0.25) is 0 Å². The number of aryl methyl sites for hydroxylation is 1. The van der Waals surface area contributed by atoms with E-state index < -0.39 is 0 Å². The average molecular weight is 222 g/mol. The quantitative estimate of drug-likeness (QED) is 0.769. The van der Waals surface area contributed by atoms with E-state index in [9.17, 15) is 0 Å². The molecule has 16 heavy (non-hydrogen) atoms. The summed E-state index contributed by atoms with van der Waals surface area (Å²) in [6.07, 6.45) is 1.17. The van der Waals surface area contributed by atoms with Crippen LogP contribution in [0.1, 0.15) is 38.6 Å². The Morgan fingerprint density at radius 3 is 2.81 bits per heavy atom. The van der Waals surface area contributed by atoms with Gasteiger partial charge in [-0.05, 0) is 19.4 Å². The molecule has 0 bridgehead atoms. The highest BCUT2D eigenvalue weighted by Gasteiger charge is 2.23. The largest absolute Gasteiger partial charge is 0.381 e. The third kappa shape index (κ3) is 2.46. The van der Waals surface area contributed by atoms with E-state index in [1.54, 1.807) is 0 Å². The van der Waals surface area contributed by atoms with E-state index in [1.807, 2.05) is 0 Å². The van der Waals surface area contributed by atoms with Gasteiger partial charge >= 0.3 is 0 Å². The van der Waals surface area contributed by atoms with Crippen LogP contribution >= 0.6 is 0 Å². The predicted molar refractivity (Wildman–Crippen MR) is 64.6 cm³/mol. The number of hydrogen-bond donors (Lipinski definition) is 0. The van der Waals surface area contributed by atoms with Gasteiger partial charge in [-0.25, -0.2) is 0 Å². The summed E-state index contributed by atoms with van der Waals surface area (Å²) >= 11 is 0. The molecule has 0 aromatic carbocycles. The fourth-order valence-electron chi connectivity index (χ4n) is 2.26. The van der Waals surface area contributed by atoms with Crippen molar-refractivity contribution in [3.05, 3.63) is 17.5 Å². The van der Waals surface area contributed by atoms with Gasteiger partial charge in [0, 0.05) is 30.2 Å². The predicted octanol–water partition coefficient (Wildman–Crippen LogP) is 2.53. The van der Waals surface area contributed by atoms with Crippen LogP contribution in [-0.2, 0) is 16.7 Å². The summed E-state index contributed by atoms with van der Waals surface area (Å²) < 4.78 is 7.60. The van der Waals surface area contributed by atoms with Crippen molar-refractivity contribution < 1.29 is 4.74 Å². The smallest absolute Gasteiger partial charge is 0.0596 e. The van der Waals surface area contributed by atoms with E-state index in [4.69, 9.17) is 4.74 Å². The summed E-state index contributed by atoms with van der Waals surface area (Å²) in [7, 11) is 0. The van der Waals surface area contributed by atoms with E-state index in [0.29, 0.717) is 5.92 Å². The number of nitrogens with zero attached hydrogens (tertiary/aromatic N) is 2. The minimum absolute atomic E-state index is 0.167. The first-order chi connectivity index (χ1) is 7.47. The maximum atomic E-state index is 5.42. The van der Waals surface area contributed by atoms with Gasteiger partial charge in [-0.2, -0.15) is 5.10 Å². The minimum Gasteiger partial charge on any atom is -0.381 e. The first-order valence-corrected chi connectivity index (χ1v) is 6.09. The van der Waals surface area contributed by atoms with Gasteiger partial charge in [0.15, 0.2) is 0 Å². The molecule has 1 fully saturated rings. The van der Waals surface area contributed by atoms with Crippen molar-refractivity contribution in [1.82, 2.24) is 9.78 Å². The van der Waals surface area contributed by atoms with Crippen molar-refractivity contribution in [1.29, 1.82) is 0 Å². The normalized spacial score (nSPS) is 21.6. The maximum absolute atomic E-state index is 5.42. The van der Waals surface area contributed by atoms with Gasteiger partial charge in [0.1, 0.15) is 0 Å². The molecule has 0 spiro atoms. The lowest BCUT2D eigenvalue weighted by Crippen LogP contribution is -2.21. The van der Waals surface area contributed by atoms with Crippen molar-refractivity contribution in [3.8, 4) is 0 Å². The number of ether oxygens (including phenoxy) is 1. The molecule has 1 unspecified atom stereocenters. The second kappa shape index (κ2) is 4.21. The summed E-state index contributed by atoms with van der Waals surface area (Å²) in [4.78, 5) is 0. The first kappa shape index (κ1) is 11.6. The summed E-state index contributed by atoms with van der Waals surface area (Å²) in [5.74, 6) is 0.639. The topological polar surface area (TPSA) is 27.1 Å². The van der Waals surface area contributed by atoms with Crippen LogP contribution in [0.25, 0.3) is 0 Å². The number of hydrogen-bond acceptors (Lipinski definition) is 2. The molecule has 3 heteroatoms. The van der Waals surface area contributed by atoms with Crippen molar-refractivity contribution in [2.45, 2.75) is 46.1 Å².